The average Bonchev–Trinajstić information content (AvgIpc) is 2.82. The number of rotatable bonds is 4. The number of carbonyl (C=O) groups is 1. The van der Waals surface area contributed by atoms with E-state index in [4.69, 9.17) is 5.11 Å². The number of aromatic carboxylic acids is 1. The summed E-state index contributed by atoms with van der Waals surface area (Å²) in [6.45, 7) is 4.61. The highest BCUT2D eigenvalue weighted by Crippen LogP contribution is 2.42. The van der Waals surface area contributed by atoms with Crippen LogP contribution in [0.4, 0.5) is 0 Å². The van der Waals surface area contributed by atoms with Crippen LogP contribution in [0.5, 0.6) is 0 Å². The molecule has 0 atom stereocenters. The number of hydrogen-bond acceptors (Lipinski definition) is 1. The topological polar surface area (TPSA) is 37.3 Å². The summed E-state index contributed by atoms with van der Waals surface area (Å²) in [5, 5.41) is 11.6. The molecule has 0 unspecified atom stereocenters. The van der Waals surface area contributed by atoms with Gasteiger partial charge in [0.25, 0.3) is 0 Å². The molecule has 1 N–H and O–H groups in total. The number of hydrogen-bond donors (Lipinski definition) is 1. The monoisotopic (exact) mass is 430 g/mol. The van der Waals surface area contributed by atoms with E-state index in [-0.39, 0.29) is 5.41 Å². The molecule has 0 bridgehead atoms. The lowest BCUT2D eigenvalue weighted by molar-refractivity contribution is 0.0697. The summed E-state index contributed by atoms with van der Waals surface area (Å²) in [7, 11) is 0. The molecule has 5 rings (SSSR count). The van der Waals surface area contributed by atoms with Crippen molar-refractivity contribution >= 4 is 34.5 Å². The molecule has 0 radical (unpaired) electrons. The van der Waals surface area contributed by atoms with Gasteiger partial charge >= 0.3 is 5.97 Å². The summed E-state index contributed by atoms with van der Waals surface area (Å²) >= 11 is 0. The normalized spacial score (nSPS) is 14.8. The molecule has 2 nitrogen and oxygen atoms in total. The Morgan fingerprint density at radius 3 is 2.27 bits per heavy atom. The number of carboxylic acid groups (broad SMARTS) is 1. The third-order valence-electron chi connectivity index (χ3n) is 6.57. The molecule has 1 aliphatic carbocycles. The van der Waals surface area contributed by atoms with Gasteiger partial charge in [-0.15, -0.1) is 0 Å². The Morgan fingerprint density at radius 1 is 0.818 bits per heavy atom. The second-order valence-electron chi connectivity index (χ2n) is 9.33. The molecule has 4 aromatic carbocycles. The molecule has 0 aliphatic heterocycles. The van der Waals surface area contributed by atoms with E-state index in [1.54, 1.807) is 12.1 Å². The van der Waals surface area contributed by atoms with Gasteiger partial charge in [0.05, 0.1) is 5.56 Å². The molecule has 0 saturated carbocycles. The zero-order valence-corrected chi connectivity index (χ0v) is 18.9. The Balaban J connectivity index is 1.53. The minimum Gasteiger partial charge on any atom is -0.478 e. The third-order valence-corrected chi connectivity index (χ3v) is 6.57. The van der Waals surface area contributed by atoms with Crippen LogP contribution in [0.1, 0.15) is 58.4 Å². The van der Waals surface area contributed by atoms with Crippen LogP contribution in [0.3, 0.4) is 0 Å². The van der Waals surface area contributed by atoms with Gasteiger partial charge in [0.1, 0.15) is 0 Å². The predicted octanol–water partition coefficient (Wildman–Crippen LogP) is 7.82. The zero-order valence-electron chi connectivity index (χ0n) is 18.9. The van der Waals surface area contributed by atoms with Gasteiger partial charge in [-0.2, -0.15) is 0 Å². The van der Waals surface area contributed by atoms with Gasteiger partial charge in [-0.05, 0) is 80.3 Å². The Morgan fingerprint density at radius 2 is 1.52 bits per heavy atom. The largest absolute Gasteiger partial charge is 0.478 e. The highest BCUT2D eigenvalue weighted by atomic mass is 16.4. The fourth-order valence-electron chi connectivity index (χ4n) is 4.62. The van der Waals surface area contributed by atoms with E-state index >= 15 is 0 Å². The van der Waals surface area contributed by atoms with Gasteiger partial charge in [0.2, 0.25) is 0 Å². The fourth-order valence-corrected chi connectivity index (χ4v) is 4.62. The average molecular weight is 431 g/mol. The third kappa shape index (κ3) is 4.12. The Kier molecular flexibility index (Phi) is 5.22. The summed E-state index contributed by atoms with van der Waals surface area (Å²) in [5.41, 5.74) is 7.68. The van der Waals surface area contributed by atoms with Crippen LogP contribution in [-0.4, -0.2) is 11.1 Å². The van der Waals surface area contributed by atoms with Crippen LogP contribution in [0.2, 0.25) is 0 Å². The molecular weight excluding hydrogens is 404 g/mol. The second-order valence-corrected chi connectivity index (χ2v) is 9.33. The molecule has 0 spiro atoms. The van der Waals surface area contributed by atoms with E-state index in [1.807, 2.05) is 18.2 Å². The Labute approximate surface area is 194 Å². The minimum atomic E-state index is -0.907. The highest BCUT2D eigenvalue weighted by Gasteiger charge is 2.28. The standard InChI is InChI=1S/C31H26O2/c1-31(2)18-17-27(26-15-14-23-5-3-4-6-25(23)20-26)28-19-22(11-16-29(28)31)8-7-21-9-12-24(13-10-21)30(32)33/h3-17,19-20H,18H2,1-2H3,(H,32,33). The molecular formula is C31H26O2. The van der Waals surface area contributed by atoms with Crippen molar-refractivity contribution in [2.24, 2.45) is 0 Å². The van der Waals surface area contributed by atoms with Crippen molar-refractivity contribution in [2.75, 3.05) is 0 Å². The first-order valence-electron chi connectivity index (χ1n) is 11.3. The molecule has 2 heteroatoms. The molecule has 0 fully saturated rings. The van der Waals surface area contributed by atoms with Crippen LogP contribution in [0.25, 0.3) is 28.5 Å². The van der Waals surface area contributed by atoms with Crippen LogP contribution >= 0.6 is 0 Å². The van der Waals surface area contributed by atoms with Crippen molar-refractivity contribution in [1.82, 2.24) is 0 Å². The number of fused-ring (bicyclic) bond motifs is 2. The van der Waals surface area contributed by atoms with Crippen LogP contribution < -0.4 is 0 Å². The lowest BCUT2D eigenvalue weighted by Crippen LogP contribution is -2.21. The Bertz CT molecular complexity index is 1420. The summed E-state index contributed by atoms with van der Waals surface area (Å²) < 4.78 is 0. The van der Waals surface area contributed by atoms with E-state index in [9.17, 15) is 4.79 Å². The van der Waals surface area contributed by atoms with Crippen molar-refractivity contribution in [2.45, 2.75) is 25.7 Å². The number of benzene rings is 4. The van der Waals surface area contributed by atoms with E-state index in [2.05, 4.69) is 86.7 Å². The SMILES string of the molecule is CC1(C)CC=C(c2ccc3ccccc3c2)c2cc(C=Cc3ccc(C(=O)O)cc3)ccc21. The number of carboxylic acids is 1. The van der Waals surface area contributed by atoms with E-state index in [1.165, 1.54) is 33.0 Å². The predicted molar refractivity (Wildman–Crippen MR) is 137 cm³/mol. The smallest absolute Gasteiger partial charge is 0.335 e. The molecule has 33 heavy (non-hydrogen) atoms. The van der Waals surface area contributed by atoms with Crippen LogP contribution in [-0.2, 0) is 5.41 Å². The first-order valence-corrected chi connectivity index (χ1v) is 11.3. The lowest BCUT2D eigenvalue weighted by Gasteiger charge is -2.32. The Hall–Kier alpha value is -3.91. The van der Waals surface area contributed by atoms with Gasteiger partial charge in [0, 0.05) is 0 Å². The maximum atomic E-state index is 11.1. The molecule has 162 valence electrons. The van der Waals surface area contributed by atoms with Crippen molar-refractivity contribution in [1.29, 1.82) is 0 Å². The van der Waals surface area contributed by atoms with Crippen LogP contribution in [0.15, 0.2) is 91.0 Å². The minimum absolute atomic E-state index is 0.0879. The van der Waals surface area contributed by atoms with Gasteiger partial charge in [-0.25, -0.2) is 4.79 Å². The van der Waals surface area contributed by atoms with Crippen molar-refractivity contribution in [3.05, 3.63) is 124 Å². The van der Waals surface area contributed by atoms with Gasteiger partial charge in [0.15, 0.2) is 0 Å². The van der Waals surface area contributed by atoms with Gasteiger partial charge < -0.3 is 5.11 Å². The second kappa shape index (κ2) is 8.22. The van der Waals surface area contributed by atoms with Crippen molar-refractivity contribution in [3.8, 4) is 0 Å². The molecule has 4 aromatic rings. The summed E-state index contributed by atoms with van der Waals surface area (Å²) in [5.74, 6) is -0.907. The summed E-state index contributed by atoms with van der Waals surface area (Å²) in [6.07, 6.45) is 7.51. The first-order chi connectivity index (χ1) is 15.9. The zero-order chi connectivity index (χ0) is 23.0. The highest BCUT2D eigenvalue weighted by molar-refractivity contribution is 5.91. The van der Waals surface area contributed by atoms with Gasteiger partial charge in [-0.1, -0.05) is 92.7 Å². The van der Waals surface area contributed by atoms with Crippen molar-refractivity contribution in [3.63, 3.8) is 0 Å². The molecule has 0 aromatic heterocycles. The van der Waals surface area contributed by atoms with Crippen molar-refractivity contribution < 1.29 is 9.90 Å². The van der Waals surface area contributed by atoms with E-state index in [0.717, 1.165) is 17.5 Å². The van der Waals surface area contributed by atoms with Crippen LogP contribution in [0, 0.1) is 0 Å². The first kappa shape index (κ1) is 21.0. The lowest BCUT2D eigenvalue weighted by atomic mass is 9.72. The molecule has 0 saturated heterocycles. The molecule has 0 amide bonds. The number of allylic oxidation sites excluding steroid dienone is 1. The van der Waals surface area contributed by atoms with Gasteiger partial charge in [-0.3, -0.25) is 0 Å². The molecule has 0 heterocycles. The summed E-state index contributed by atoms with van der Waals surface area (Å²) in [6, 6.07) is 28.9. The molecule has 1 aliphatic rings. The van der Waals surface area contributed by atoms with E-state index in [0.29, 0.717) is 5.56 Å². The fraction of sp³-hybridized carbons (Fsp3) is 0.129. The quantitative estimate of drug-likeness (QED) is 0.335. The summed E-state index contributed by atoms with van der Waals surface area (Å²) in [4.78, 5) is 11.1. The maximum Gasteiger partial charge on any atom is 0.335 e. The maximum absolute atomic E-state index is 11.1. The van der Waals surface area contributed by atoms with E-state index < -0.39 is 5.97 Å².